The molecule has 3 aromatic rings. The zero-order valence-corrected chi connectivity index (χ0v) is 22.7. The second kappa shape index (κ2) is 14.3. The highest BCUT2D eigenvalue weighted by molar-refractivity contribution is 5.74. The molecule has 1 aliphatic rings. The number of ether oxygens (including phenoxy) is 2. The average molecular weight is 519 g/mol. The van der Waals surface area contributed by atoms with E-state index in [4.69, 9.17) is 9.47 Å². The SMILES string of the molecule is Cc1c(OCCCN[C@@H](CO)c2ccccc2)cccc1-c1cccc(OCCCN2CC[C@@H](O)C2)c1C. The van der Waals surface area contributed by atoms with E-state index in [1.165, 1.54) is 0 Å². The van der Waals surface area contributed by atoms with Crippen molar-refractivity contribution in [2.24, 2.45) is 0 Å². The van der Waals surface area contributed by atoms with Crippen LogP contribution in [0.1, 0.15) is 42.0 Å². The van der Waals surface area contributed by atoms with E-state index in [1.54, 1.807) is 0 Å². The van der Waals surface area contributed by atoms with Crippen molar-refractivity contribution in [1.82, 2.24) is 10.2 Å². The van der Waals surface area contributed by atoms with E-state index < -0.39 is 0 Å². The zero-order valence-electron chi connectivity index (χ0n) is 22.7. The zero-order chi connectivity index (χ0) is 26.7. The molecule has 0 bridgehead atoms. The molecule has 6 nitrogen and oxygen atoms in total. The minimum absolute atomic E-state index is 0.0631. The summed E-state index contributed by atoms with van der Waals surface area (Å²) in [6, 6.07) is 22.4. The highest BCUT2D eigenvalue weighted by Gasteiger charge is 2.19. The van der Waals surface area contributed by atoms with Crippen molar-refractivity contribution < 1.29 is 19.7 Å². The Morgan fingerprint density at radius 3 is 2.08 bits per heavy atom. The topological polar surface area (TPSA) is 74.2 Å². The molecule has 204 valence electrons. The molecule has 38 heavy (non-hydrogen) atoms. The molecule has 1 aliphatic heterocycles. The van der Waals surface area contributed by atoms with Crippen LogP contribution in [0.15, 0.2) is 66.7 Å². The monoisotopic (exact) mass is 518 g/mol. The van der Waals surface area contributed by atoms with Crippen molar-refractivity contribution in [2.45, 2.75) is 45.3 Å². The predicted octanol–water partition coefficient (Wildman–Crippen LogP) is 4.90. The minimum Gasteiger partial charge on any atom is -0.493 e. The molecule has 3 aromatic carbocycles. The number of aliphatic hydroxyl groups is 2. The summed E-state index contributed by atoms with van der Waals surface area (Å²) in [6.45, 7) is 9.01. The van der Waals surface area contributed by atoms with Crippen molar-refractivity contribution >= 4 is 0 Å². The summed E-state index contributed by atoms with van der Waals surface area (Å²) in [5, 5.41) is 22.8. The Morgan fingerprint density at radius 1 is 0.868 bits per heavy atom. The molecule has 1 saturated heterocycles. The first-order valence-corrected chi connectivity index (χ1v) is 13.8. The van der Waals surface area contributed by atoms with E-state index in [0.29, 0.717) is 13.2 Å². The van der Waals surface area contributed by atoms with Crippen LogP contribution in [0, 0.1) is 13.8 Å². The third-order valence-electron chi connectivity index (χ3n) is 7.34. The van der Waals surface area contributed by atoms with Crippen LogP contribution in [0.3, 0.4) is 0 Å². The third-order valence-corrected chi connectivity index (χ3v) is 7.34. The van der Waals surface area contributed by atoms with Crippen LogP contribution in [0.2, 0.25) is 0 Å². The quantitative estimate of drug-likeness (QED) is 0.264. The number of hydrogen-bond donors (Lipinski definition) is 3. The van der Waals surface area contributed by atoms with Crippen molar-refractivity contribution in [3.8, 4) is 22.6 Å². The number of hydrogen-bond acceptors (Lipinski definition) is 6. The Balaban J connectivity index is 1.29. The molecule has 6 heteroatoms. The molecule has 0 saturated carbocycles. The van der Waals surface area contributed by atoms with Gasteiger partial charge in [-0.05, 0) is 79.6 Å². The summed E-state index contributed by atoms with van der Waals surface area (Å²) < 4.78 is 12.3. The lowest BCUT2D eigenvalue weighted by atomic mass is 9.95. The van der Waals surface area contributed by atoms with Crippen molar-refractivity contribution in [2.75, 3.05) is 46.0 Å². The van der Waals surface area contributed by atoms with Gasteiger partial charge in [-0.2, -0.15) is 0 Å². The molecule has 1 fully saturated rings. The van der Waals surface area contributed by atoms with Crippen molar-refractivity contribution in [3.05, 3.63) is 83.4 Å². The lowest BCUT2D eigenvalue weighted by Gasteiger charge is -2.18. The Bertz CT molecular complexity index is 1140. The minimum atomic E-state index is -0.173. The Hall–Kier alpha value is -2.90. The molecular weight excluding hydrogens is 476 g/mol. The average Bonchev–Trinajstić information content (AvgIpc) is 3.36. The second-order valence-electron chi connectivity index (χ2n) is 10.1. The largest absolute Gasteiger partial charge is 0.493 e. The molecule has 0 aromatic heterocycles. The normalized spacial score (nSPS) is 16.5. The maximum Gasteiger partial charge on any atom is 0.122 e. The number of aliphatic hydroxyl groups excluding tert-OH is 2. The number of benzene rings is 3. The lowest BCUT2D eigenvalue weighted by Crippen LogP contribution is -2.26. The van der Waals surface area contributed by atoms with Crippen molar-refractivity contribution in [3.63, 3.8) is 0 Å². The molecule has 0 radical (unpaired) electrons. The van der Waals surface area contributed by atoms with Gasteiger partial charge in [0.2, 0.25) is 0 Å². The summed E-state index contributed by atoms with van der Waals surface area (Å²) in [6.07, 6.45) is 2.48. The molecule has 3 N–H and O–H groups in total. The molecule has 2 atom stereocenters. The van der Waals surface area contributed by atoms with Crippen molar-refractivity contribution in [1.29, 1.82) is 0 Å². The van der Waals surface area contributed by atoms with Crippen LogP contribution in [-0.4, -0.2) is 67.2 Å². The molecular formula is C32H42N2O4. The lowest BCUT2D eigenvalue weighted by molar-refractivity contribution is 0.173. The third kappa shape index (κ3) is 7.58. The smallest absolute Gasteiger partial charge is 0.122 e. The molecule has 0 unspecified atom stereocenters. The van der Waals surface area contributed by atoms with E-state index in [1.807, 2.05) is 48.5 Å². The second-order valence-corrected chi connectivity index (χ2v) is 10.1. The fourth-order valence-corrected chi connectivity index (χ4v) is 5.11. The van der Waals surface area contributed by atoms with Gasteiger partial charge in [-0.15, -0.1) is 0 Å². The van der Waals surface area contributed by atoms with Gasteiger partial charge in [0.25, 0.3) is 0 Å². The predicted molar refractivity (Wildman–Crippen MR) is 153 cm³/mol. The van der Waals surface area contributed by atoms with E-state index in [-0.39, 0.29) is 18.8 Å². The van der Waals surface area contributed by atoms with E-state index in [0.717, 1.165) is 84.8 Å². The fourth-order valence-electron chi connectivity index (χ4n) is 5.11. The first kappa shape index (κ1) is 28.1. The van der Waals surface area contributed by atoms with Gasteiger partial charge in [0.1, 0.15) is 11.5 Å². The molecule has 4 rings (SSSR count). The maximum atomic E-state index is 9.73. The summed E-state index contributed by atoms with van der Waals surface area (Å²) in [5.74, 6) is 1.81. The fraction of sp³-hybridized carbons (Fsp3) is 0.438. The summed E-state index contributed by atoms with van der Waals surface area (Å²) in [4.78, 5) is 2.30. The van der Waals surface area contributed by atoms with Gasteiger partial charge >= 0.3 is 0 Å². The van der Waals surface area contributed by atoms with Crippen LogP contribution in [0.25, 0.3) is 11.1 Å². The van der Waals surface area contributed by atoms with E-state index in [2.05, 4.69) is 42.3 Å². The van der Waals surface area contributed by atoms with Gasteiger partial charge in [0, 0.05) is 19.6 Å². The highest BCUT2D eigenvalue weighted by Crippen LogP contribution is 2.35. The summed E-state index contributed by atoms with van der Waals surface area (Å²) >= 11 is 0. The van der Waals surface area contributed by atoms with Gasteiger partial charge in [-0.3, -0.25) is 0 Å². The number of likely N-dealkylation sites (tertiary alicyclic amines) is 1. The van der Waals surface area contributed by atoms with Crippen LogP contribution >= 0.6 is 0 Å². The first-order valence-electron chi connectivity index (χ1n) is 13.8. The standard InChI is InChI=1S/C32H42N2O4/c1-24-28(29-13-7-15-32(25(29)2)38-21-9-18-34-19-16-27(36)22-34)12-6-14-31(24)37-20-8-17-33-30(23-35)26-10-4-3-5-11-26/h3-7,10-15,27,30,33,35-36H,8-9,16-23H2,1-2H3/t27-,30+/m1/s1. The van der Waals surface area contributed by atoms with Gasteiger partial charge in [-0.1, -0.05) is 54.6 Å². The molecule has 1 heterocycles. The highest BCUT2D eigenvalue weighted by atomic mass is 16.5. The number of nitrogens with zero attached hydrogens (tertiary/aromatic N) is 1. The number of rotatable bonds is 14. The van der Waals surface area contributed by atoms with Crippen LogP contribution in [-0.2, 0) is 0 Å². The van der Waals surface area contributed by atoms with Crippen LogP contribution < -0.4 is 14.8 Å². The summed E-state index contributed by atoms with van der Waals surface area (Å²) in [7, 11) is 0. The Morgan fingerprint density at radius 2 is 1.50 bits per heavy atom. The Kier molecular flexibility index (Phi) is 10.6. The molecule has 0 amide bonds. The van der Waals surface area contributed by atoms with Gasteiger partial charge < -0.3 is 29.9 Å². The van der Waals surface area contributed by atoms with Gasteiger partial charge in [-0.25, -0.2) is 0 Å². The van der Waals surface area contributed by atoms with E-state index in [9.17, 15) is 10.2 Å². The van der Waals surface area contributed by atoms with Gasteiger partial charge in [0.05, 0.1) is 32.0 Å². The van der Waals surface area contributed by atoms with Crippen LogP contribution in [0.5, 0.6) is 11.5 Å². The number of nitrogens with one attached hydrogen (secondary N) is 1. The molecule has 0 spiro atoms. The number of β-amino-alcohol motifs (C(OH)–C–C–N with tert-alkyl or cyclic N) is 1. The van der Waals surface area contributed by atoms with E-state index >= 15 is 0 Å². The van der Waals surface area contributed by atoms with Crippen LogP contribution in [0.4, 0.5) is 0 Å². The van der Waals surface area contributed by atoms with Gasteiger partial charge in [0.15, 0.2) is 0 Å². The maximum absolute atomic E-state index is 9.73. The first-order chi connectivity index (χ1) is 18.6. The Labute approximate surface area is 227 Å². The molecule has 0 aliphatic carbocycles. The summed E-state index contributed by atoms with van der Waals surface area (Å²) in [5.41, 5.74) is 5.64.